The molecule has 2 aliphatic heterocycles. The van der Waals surface area contributed by atoms with Crippen LogP contribution in [-0.4, -0.2) is 49.0 Å². The monoisotopic (exact) mass is 373 g/mol. The number of benzene rings is 1. The van der Waals surface area contributed by atoms with E-state index in [9.17, 15) is 14.4 Å². The molecule has 0 aliphatic carbocycles. The Morgan fingerprint density at radius 1 is 1.04 bits per heavy atom. The van der Waals surface area contributed by atoms with Crippen LogP contribution in [0.25, 0.3) is 5.57 Å². The van der Waals surface area contributed by atoms with E-state index in [4.69, 9.17) is 14.2 Å². The van der Waals surface area contributed by atoms with Crippen LogP contribution < -0.4 is 9.47 Å². The van der Waals surface area contributed by atoms with Crippen molar-refractivity contribution in [2.45, 2.75) is 45.2 Å². The Hall–Kier alpha value is -2.67. The van der Waals surface area contributed by atoms with E-state index in [1.54, 1.807) is 18.2 Å². The lowest BCUT2D eigenvalue weighted by atomic mass is 9.88. The third-order valence-corrected chi connectivity index (χ3v) is 5.14. The fourth-order valence-electron chi connectivity index (χ4n) is 3.96. The Morgan fingerprint density at radius 2 is 1.70 bits per heavy atom. The van der Waals surface area contributed by atoms with Gasteiger partial charge >= 0.3 is 17.9 Å². The number of likely N-dealkylation sites (N-methyl/N-ethyl adjacent to an activating group) is 1. The quantitative estimate of drug-likeness (QED) is 0.592. The lowest BCUT2D eigenvalue weighted by Crippen LogP contribution is -2.40. The number of rotatable bonds is 4. The van der Waals surface area contributed by atoms with Crippen molar-refractivity contribution in [3.8, 4) is 11.5 Å². The molecule has 0 unspecified atom stereocenters. The van der Waals surface area contributed by atoms with Gasteiger partial charge < -0.3 is 14.2 Å². The minimum absolute atomic E-state index is 0.0107. The van der Waals surface area contributed by atoms with Crippen molar-refractivity contribution < 1.29 is 28.6 Å². The molecule has 7 nitrogen and oxygen atoms in total. The van der Waals surface area contributed by atoms with E-state index in [0.717, 1.165) is 24.0 Å². The molecule has 3 rings (SSSR count). The molecule has 7 heteroatoms. The van der Waals surface area contributed by atoms with Crippen LogP contribution in [-0.2, 0) is 19.1 Å². The van der Waals surface area contributed by atoms with E-state index >= 15 is 0 Å². The summed E-state index contributed by atoms with van der Waals surface area (Å²) in [7, 11) is 3.40. The lowest BCUT2D eigenvalue weighted by Gasteiger charge is -2.34. The molecule has 0 amide bonds. The van der Waals surface area contributed by atoms with E-state index in [-0.39, 0.29) is 23.5 Å². The van der Waals surface area contributed by atoms with Gasteiger partial charge in [0.2, 0.25) is 0 Å². The van der Waals surface area contributed by atoms with Gasteiger partial charge in [-0.15, -0.1) is 0 Å². The lowest BCUT2D eigenvalue weighted by molar-refractivity contribution is -0.137. The summed E-state index contributed by atoms with van der Waals surface area (Å²) in [6.45, 7) is 2.55. The van der Waals surface area contributed by atoms with E-state index in [1.807, 2.05) is 7.05 Å². The normalized spacial score (nSPS) is 21.8. The van der Waals surface area contributed by atoms with Gasteiger partial charge in [-0.05, 0) is 49.6 Å². The van der Waals surface area contributed by atoms with Crippen LogP contribution in [0.3, 0.4) is 0 Å². The topological polar surface area (TPSA) is 82.1 Å². The van der Waals surface area contributed by atoms with Gasteiger partial charge in [0.15, 0.2) is 11.5 Å². The SMILES string of the molecule is COC(=O)C1=C(c2ccc(OC(C)=O)c(OC(C)=O)c2)C[C@@H]2CC[C@H]1N2C. The molecule has 1 aromatic rings. The molecule has 2 aliphatic rings. The van der Waals surface area contributed by atoms with Crippen LogP contribution in [0.5, 0.6) is 11.5 Å². The second kappa shape index (κ2) is 7.52. The molecule has 2 bridgehead atoms. The first-order valence-corrected chi connectivity index (χ1v) is 8.86. The van der Waals surface area contributed by atoms with Gasteiger partial charge in [-0.25, -0.2) is 4.79 Å². The first kappa shape index (κ1) is 19.1. The van der Waals surface area contributed by atoms with Gasteiger partial charge in [-0.3, -0.25) is 14.5 Å². The molecule has 27 heavy (non-hydrogen) atoms. The highest BCUT2D eigenvalue weighted by atomic mass is 16.6. The summed E-state index contributed by atoms with van der Waals surface area (Å²) in [5, 5.41) is 0. The number of hydrogen-bond donors (Lipinski definition) is 0. The fraction of sp³-hybridized carbons (Fsp3) is 0.450. The molecule has 1 saturated heterocycles. The molecular weight excluding hydrogens is 350 g/mol. The van der Waals surface area contributed by atoms with Crippen LogP contribution in [0.1, 0.15) is 38.7 Å². The Morgan fingerprint density at radius 3 is 2.33 bits per heavy atom. The zero-order chi connectivity index (χ0) is 19.7. The number of carbonyl (C=O) groups excluding carboxylic acids is 3. The second-order valence-corrected chi connectivity index (χ2v) is 6.85. The minimum Gasteiger partial charge on any atom is -0.466 e. The molecular formula is C20H23NO6. The molecule has 2 heterocycles. The predicted molar refractivity (Wildman–Crippen MR) is 97.2 cm³/mol. The van der Waals surface area contributed by atoms with Gasteiger partial charge in [-0.1, -0.05) is 6.07 Å². The third kappa shape index (κ3) is 3.73. The smallest absolute Gasteiger partial charge is 0.335 e. The average Bonchev–Trinajstić information content (AvgIpc) is 2.84. The van der Waals surface area contributed by atoms with Crippen molar-refractivity contribution in [1.82, 2.24) is 4.90 Å². The maximum atomic E-state index is 12.5. The van der Waals surface area contributed by atoms with Crippen LogP contribution in [0.2, 0.25) is 0 Å². The number of ether oxygens (including phenoxy) is 3. The highest BCUT2D eigenvalue weighted by molar-refractivity contribution is 6.00. The van der Waals surface area contributed by atoms with Gasteiger partial charge in [0, 0.05) is 25.9 Å². The largest absolute Gasteiger partial charge is 0.466 e. The highest BCUT2D eigenvalue weighted by Crippen LogP contribution is 2.44. The summed E-state index contributed by atoms with van der Waals surface area (Å²) in [5.74, 6) is -1.06. The predicted octanol–water partition coefficient (Wildman–Crippen LogP) is 2.33. The first-order valence-electron chi connectivity index (χ1n) is 8.86. The zero-order valence-electron chi connectivity index (χ0n) is 15.9. The van der Waals surface area contributed by atoms with E-state index in [1.165, 1.54) is 21.0 Å². The number of carbonyl (C=O) groups is 3. The summed E-state index contributed by atoms with van der Waals surface area (Å²) in [6.07, 6.45) is 2.61. The Balaban J connectivity index is 2.10. The maximum absolute atomic E-state index is 12.5. The number of nitrogens with zero attached hydrogens (tertiary/aromatic N) is 1. The van der Waals surface area contributed by atoms with Crippen molar-refractivity contribution in [2.75, 3.05) is 14.2 Å². The summed E-state index contributed by atoms with van der Waals surface area (Å²) in [4.78, 5) is 37.5. The maximum Gasteiger partial charge on any atom is 0.335 e. The van der Waals surface area contributed by atoms with Crippen molar-refractivity contribution in [2.24, 2.45) is 0 Å². The van der Waals surface area contributed by atoms with Crippen molar-refractivity contribution in [3.63, 3.8) is 0 Å². The molecule has 2 atom stereocenters. The molecule has 144 valence electrons. The molecule has 1 aromatic carbocycles. The molecule has 0 radical (unpaired) electrons. The van der Waals surface area contributed by atoms with Gasteiger partial charge in [0.25, 0.3) is 0 Å². The molecule has 0 saturated carbocycles. The fourth-order valence-corrected chi connectivity index (χ4v) is 3.96. The van der Waals surface area contributed by atoms with Gasteiger partial charge in [-0.2, -0.15) is 0 Å². The van der Waals surface area contributed by atoms with Crippen LogP contribution in [0.15, 0.2) is 23.8 Å². The standard InChI is InChI=1S/C20H23NO6/c1-11(22)26-17-8-5-13(9-18(17)27-12(2)23)15-10-14-6-7-16(21(14)3)19(15)20(24)25-4/h5,8-9,14,16H,6-7,10H2,1-4H3/t14-,16+/m0/s1. The molecule has 1 fully saturated rings. The van der Waals surface area contributed by atoms with Crippen molar-refractivity contribution >= 4 is 23.5 Å². The molecule has 0 spiro atoms. The number of fused-ring (bicyclic) bond motifs is 2. The van der Waals surface area contributed by atoms with Crippen LogP contribution >= 0.6 is 0 Å². The van der Waals surface area contributed by atoms with Gasteiger partial charge in [0.1, 0.15) is 0 Å². The number of hydrogen-bond acceptors (Lipinski definition) is 7. The summed E-state index contributed by atoms with van der Waals surface area (Å²) in [6, 6.07) is 5.36. The minimum atomic E-state index is -0.522. The van der Waals surface area contributed by atoms with Crippen molar-refractivity contribution in [3.05, 3.63) is 29.3 Å². The zero-order valence-corrected chi connectivity index (χ0v) is 15.9. The van der Waals surface area contributed by atoms with Crippen molar-refractivity contribution in [1.29, 1.82) is 0 Å². The Bertz CT molecular complexity index is 828. The summed E-state index contributed by atoms with van der Waals surface area (Å²) < 4.78 is 15.4. The summed E-state index contributed by atoms with van der Waals surface area (Å²) >= 11 is 0. The van der Waals surface area contributed by atoms with E-state index in [0.29, 0.717) is 18.0 Å². The van der Waals surface area contributed by atoms with E-state index in [2.05, 4.69) is 4.90 Å². The van der Waals surface area contributed by atoms with Crippen LogP contribution in [0.4, 0.5) is 0 Å². The van der Waals surface area contributed by atoms with Gasteiger partial charge in [0.05, 0.1) is 12.7 Å². The average molecular weight is 373 g/mol. The van der Waals surface area contributed by atoms with E-state index < -0.39 is 11.9 Å². The Labute approximate surface area is 157 Å². The number of methoxy groups -OCH3 is 1. The summed E-state index contributed by atoms with van der Waals surface area (Å²) in [5.41, 5.74) is 2.28. The molecule has 0 aromatic heterocycles. The third-order valence-electron chi connectivity index (χ3n) is 5.14. The highest BCUT2D eigenvalue weighted by Gasteiger charge is 2.42. The molecule has 0 N–H and O–H groups in total. The number of esters is 3. The first-order chi connectivity index (χ1) is 12.8. The second-order valence-electron chi connectivity index (χ2n) is 6.85. The Kier molecular flexibility index (Phi) is 5.32. The van der Waals surface area contributed by atoms with Crippen LogP contribution in [0, 0.1) is 0 Å².